The van der Waals surface area contributed by atoms with Crippen molar-refractivity contribution in [2.75, 3.05) is 0 Å². The number of hydrogen-bond donors (Lipinski definition) is 2. The Morgan fingerprint density at radius 2 is 1.84 bits per heavy atom. The molecule has 2 aliphatic rings. The number of imide groups is 1. The van der Waals surface area contributed by atoms with E-state index in [2.05, 4.69) is 22.8 Å². The number of hydrazine groups is 1. The molecular formula is C21H22ClN5O4. The summed E-state index contributed by atoms with van der Waals surface area (Å²) < 4.78 is 1.42. The maximum atomic E-state index is 12.9. The molecule has 10 heteroatoms. The number of nitrogens with one attached hydrogen (secondary N) is 2. The van der Waals surface area contributed by atoms with E-state index in [1.807, 2.05) is 0 Å². The van der Waals surface area contributed by atoms with Crippen molar-refractivity contribution in [2.45, 2.75) is 45.1 Å². The predicted molar refractivity (Wildman–Crippen MR) is 113 cm³/mol. The van der Waals surface area contributed by atoms with Gasteiger partial charge >= 0.3 is 6.03 Å². The van der Waals surface area contributed by atoms with Gasteiger partial charge in [-0.05, 0) is 62.8 Å². The molecule has 1 aromatic heterocycles. The summed E-state index contributed by atoms with van der Waals surface area (Å²) >= 11 is 5.92. The smallest absolute Gasteiger partial charge is 0.322 e. The summed E-state index contributed by atoms with van der Waals surface area (Å²) in [6, 6.07) is 7.27. The second-order valence-corrected chi connectivity index (χ2v) is 8.60. The molecule has 0 atom stereocenters. The van der Waals surface area contributed by atoms with Gasteiger partial charge in [0.05, 0.1) is 5.69 Å². The molecule has 0 bridgehead atoms. The van der Waals surface area contributed by atoms with Crippen molar-refractivity contribution in [3.8, 4) is 5.69 Å². The van der Waals surface area contributed by atoms with Crippen molar-refractivity contribution in [1.29, 1.82) is 0 Å². The van der Waals surface area contributed by atoms with E-state index in [0.717, 1.165) is 12.8 Å². The van der Waals surface area contributed by atoms with Gasteiger partial charge in [0.2, 0.25) is 5.43 Å². The molecule has 31 heavy (non-hydrogen) atoms. The van der Waals surface area contributed by atoms with Gasteiger partial charge in [-0.1, -0.05) is 18.5 Å². The fraction of sp³-hybridized carbons (Fsp3) is 0.381. The highest BCUT2D eigenvalue weighted by molar-refractivity contribution is 6.30. The van der Waals surface area contributed by atoms with Gasteiger partial charge in [0, 0.05) is 16.8 Å². The number of nitrogens with zero attached hydrogens (tertiary/aromatic N) is 3. The van der Waals surface area contributed by atoms with E-state index in [1.54, 1.807) is 31.2 Å². The fourth-order valence-corrected chi connectivity index (χ4v) is 4.14. The first kappa shape index (κ1) is 21.0. The van der Waals surface area contributed by atoms with Crippen LogP contribution in [0.1, 0.15) is 48.8 Å². The SMILES string of the molecule is Cc1cc(=O)c(C(=O)NN2C(=O)NC3(CCC(C)CC3)C2=O)nn1-c1ccc(Cl)cc1. The van der Waals surface area contributed by atoms with Crippen LogP contribution in [0.2, 0.25) is 5.02 Å². The zero-order valence-corrected chi connectivity index (χ0v) is 17.9. The van der Waals surface area contributed by atoms with Gasteiger partial charge in [-0.25, -0.2) is 9.48 Å². The summed E-state index contributed by atoms with van der Waals surface area (Å²) in [7, 11) is 0. The summed E-state index contributed by atoms with van der Waals surface area (Å²) in [5.74, 6) is -0.970. The van der Waals surface area contributed by atoms with Crippen LogP contribution in [-0.2, 0) is 4.79 Å². The minimum atomic E-state index is -0.999. The molecule has 1 spiro atoms. The van der Waals surface area contributed by atoms with E-state index >= 15 is 0 Å². The average molecular weight is 444 g/mol. The molecule has 2 aromatic rings. The summed E-state index contributed by atoms with van der Waals surface area (Å²) in [5, 5.41) is 8.07. The van der Waals surface area contributed by atoms with E-state index in [1.165, 1.54) is 10.7 Å². The van der Waals surface area contributed by atoms with E-state index in [9.17, 15) is 19.2 Å². The Morgan fingerprint density at radius 1 is 1.19 bits per heavy atom. The lowest BCUT2D eigenvalue weighted by atomic mass is 9.77. The van der Waals surface area contributed by atoms with E-state index in [-0.39, 0.29) is 0 Å². The van der Waals surface area contributed by atoms with E-state index < -0.39 is 34.5 Å². The molecule has 2 fully saturated rings. The lowest BCUT2D eigenvalue weighted by molar-refractivity contribution is -0.134. The minimum Gasteiger partial charge on any atom is -0.322 e. The van der Waals surface area contributed by atoms with Crippen molar-refractivity contribution in [3.05, 3.63) is 57.0 Å². The molecule has 1 saturated heterocycles. The average Bonchev–Trinajstić information content (AvgIpc) is 2.95. The Labute approximate surface area is 183 Å². The van der Waals surface area contributed by atoms with Gasteiger partial charge in [-0.15, -0.1) is 0 Å². The fourth-order valence-electron chi connectivity index (χ4n) is 4.02. The largest absolute Gasteiger partial charge is 0.344 e. The third kappa shape index (κ3) is 3.81. The van der Waals surface area contributed by atoms with Gasteiger partial charge in [-0.2, -0.15) is 10.1 Å². The number of aryl methyl sites for hydroxylation is 1. The number of urea groups is 1. The quantitative estimate of drug-likeness (QED) is 0.707. The Morgan fingerprint density at radius 3 is 2.48 bits per heavy atom. The van der Waals surface area contributed by atoms with Crippen LogP contribution in [0.15, 0.2) is 35.1 Å². The molecule has 0 unspecified atom stereocenters. The number of carbonyl (C=O) groups excluding carboxylic acids is 3. The number of carbonyl (C=O) groups is 3. The van der Waals surface area contributed by atoms with Crippen LogP contribution in [0.25, 0.3) is 5.69 Å². The van der Waals surface area contributed by atoms with Gasteiger partial charge in [0.15, 0.2) is 5.69 Å². The molecule has 2 heterocycles. The van der Waals surface area contributed by atoms with Gasteiger partial charge in [0.1, 0.15) is 5.54 Å². The van der Waals surface area contributed by atoms with Crippen LogP contribution >= 0.6 is 11.6 Å². The summed E-state index contributed by atoms with van der Waals surface area (Å²) in [5.41, 5.74) is 1.32. The van der Waals surface area contributed by atoms with Crippen LogP contribution in [0.5, 0.6) is 0 Å². The van der Waals surface area contributed by atoms with Crippen molar-refractivity contribution in [2.24, 2.45) is 5.92 Å². The molecule has 162 valence electrons. The van der Waals surface area contributed by atoms with Crippen molar-refractivity contribution < 1.29 is 14.4 Å². The number of hydrogen-bond acceptors (Lipinski definition) is 5. The molecule has 2 N–H and O–H groups in total. The van der Waals surface area contributed by atoms with E-state index in [0.29, 0.717) is 40.2 Å². The minimum absolute atomic E-state index is 0.431. The molecule has 1 aliphatic heterocycles. The Hall–Kier alpha value is -3.20. The Balaban J connectivity index is 1.59. The number of benzene rings is 1. The highest BCUT2D eigenvalue weighted by Crippen LogP contribution is 2.35. The predicted octanol–water partition coefficient (Wildman–Crippen LogP) is 2.34. The van der Waals surface area contributed by atoms with Crippen LogP contribution in [0, 0.1) is 12.8 Å². The van der Waals surface area contributed by atoms with Crippen molar-refractivity contribution in [3.63, 3.8) is 0 Å². The van der Waals surface area contributed by atoms with Crippen molar-refractivity contribution >= 4 is 29.4 Å². The summed E-state index contributed by atoms with van der Waals surface area (Å²) in [4.78, 5) is 50.6. The van der Waals surface area contributed by atoms with Gasteiger partial charge in [-0.3, -0.25) is 19.8 Å². The zero-order valence-electron chi connectivity index (χ0n) is 17.1. The third-order valence-corrected chi connectivity index (χ3v) is 6.15. The number of halogens is 1. The zero-order chi connectivity index (χ0) is 22.3. The maximum absolute atomic E-state index is 12.9. The molecule has 1 saturated carbocycles. The first-order valence-electron chi connectivity index (χ1n) is 10.0. The molecule has 4 rings (SSSR count). The number of rotatable bonds is 3. The van der Waals surface area contributed by atoms with Gasteiger partial charge < -0.3 is 5.32 Å². The van der Waals surface area contributed by atoms with Crippen LogP contribution in [0.4, 0.5) is 4.79 Å². The van der Waals surface area contributed by atoms with Crippen LogP contribution in [-0.4, -0.2) is 38.2 Å². The second kappa shape index (κ2) is 7.81. The molecule has 1 aromatic carbocycles. The molecule has 9 nitrogen and oxygen atoms in total. The standard InChI is InChI=1S/C21H22ClN5O4/c1-12-7-9-21(10-8-12)19(30)27(20(31)23-21)25-18(29)17-16(28)11-13(2)26(24-17)15-5-3-14(22)4-6-15/h3-6,11-12H,7-10H2,1-2H3,(H,23,31)(H,25,29). The molecule has 4 amide bonds. The molecular weight excluding hydrogens is 422 g/mol. The third-order valence-electron chi connectivity index (χ3n) is 5.90. The highest BCUT2D eigenvalue weighted by Gasteiger charge is 2.53. The first-order chi connectivity index (χ1) is 14.7. The monoisotopic (exact) mass is 443 g/mol. The lowest BCUT2D eigenvalue weighted by Gasteiger charge is -2.33. The Kier molecular flexibility index (Phi) is 5.30. The van der Waals surface area contributed by atoms with E-state index in [4.69, 9.17) is 11.6 Å². The van der Waals surface area contributed by atoms with Crippen molar-refractivity contribution in [1.82, 2.24) is 25.5 Å². The Bertz CT molecular complexity index is 1120. The highest BCUT2D eigenvalue weighted by atomic mass is 35.5. The number of amides is 4. The lowest BCUT2D eigenvalue weighted by Crippen LogP contribution is -2.52. The molecule has 0 radical (unpaired) electrons. The van der Waals surface area contributed by atoms with Crippen LogP contribution in [0.3, 0.4) is 0 Å². The summed E-state index contributed by atoms with van der Waals surface area (Å²) in [6.45, 7) is 3.78. The number of aromatic nitrogens is 2. The molecule has 1 aliphatic carbocycles. The van der Waals surface area contributed by atoms with Gasteiger partial charge in [0.25, 0.3) is 11.8 Å². The van der Waals surface area contributed by atoms with Crippen LogP contribution < -0.4 is 16.2 Å². The second-order valence-electron chi connectivity index (χ2n) is 8.16. The normalized spacial score (nSPS) is 23.2. The first-order valence-corrected chi connectivity index (χ1v) is 10.4. The maximum Gasteiger partial charge on any atom is 0.344 e. The topological polar surface area (TPSA) is 113 Å². The summed E-state index contributed by atoms with van der Waals surface area (Å²) in [6.07, 6.45) is 2.63.